The maximum absolute atomic E-state index is 13.0. The number of rotatable bonds is 7. The first-order valence-electron chi connectivity index (χ1n) is 10.6. The number of hydrogen-bond donors (Lipinski definition) is 2. The zero-order valence-corrected chi connectivity index (χ0v) is 18.0. The lowest BCUT2D eigenvalue weighted by Gasteiger charge is -2.36. The molecular formula is C26H30ClFN2. The molecule has 0 saturated carbocycles. The van der Waals surface area contributed by atoms with Crippen LogP contribution in [0.4, 0.5) is 4.39 Å². The minimum Gasteiger partial charge on any atom is -0.312 e. The van der Waals surface area contributed by atoms with E-state index in [0.717, 1.165) is 32.4 Å². The monoisotopic (exact) mass is 424 g/mol. The minimum atomic E-state index is -0.171. The van der Waals surface area contributed by atoms with Gasteiger partial charge in [0.2, 0.25) is 0 Å². The maximum atomic E-state index is 13.0. The summed E-state index contributed by atoms with van der Waals surface area (Å²) in [6.07, 6.45) is 3.23. The van der Waals surface area contributed by atoms with Crippen LogP contribution in [0, 0.1) is 5.82 Å². The molecule has 1 heterocycles. The first-order valence-corrected chi connectivity index (χ1v) is 10.6. The van der Waals surface area contributed by atoms with Crippen molar-refractivity contribution in [2.45, 2.75) is 37.3 Å². The fourth-order valence-electron chi connectivity index (χ4n) is 4.39. The highest BCUT2D eigenvalue weighted by molar-refractivity contribution is 5.85. The molecule has 2 atom stereocenters. The van der Waals surface area contributed by atoms with Gasteiger partial charge in [-0.25, -0.2) is 4.39 Å². The lowest BCUT2D eigenvalue weighted by atomic mass is 9.81. The summed E-state index contributed by atoms with van der Waals surface area (Å²) in [5.41, 5.74) is 3.92. The van der Waals surface area contributed by atoms with Gasteiger partial charge in [0.15, 0.2) is 0 Å². The molecule has 30 heavy (non-hydrogen) atoms. The van der Waals surface area contributed by atoms with Crippen molar-refractivity contribution in [2.75, 3.05) is 13.1 Å². The summed E-state index contributed by atoms with van der Waals surface area (Å²) >= 11 is 0. The summed E-state index contributed by atoms with van der Waals surface area (Å²) in [6.45, 7) is 1.90. The smallest absolute Gasteiger partial charge is 0.123 e. The summed E-state index contributed by atoms with van der Waals surface area (Å²) in [4.78, 5) is 0. The van der Waals surface area contributed by atoms with Crippen molar-refractivity contribution in [1.82, 2.24) is 10.6 Å². The zero-order chi connectivity index (χ0) is 19.9. The molecule has 4 rings (SSSR count). The molecule has 0 spiro atoms. The second kappa shape index (κ2) is 11.3. The molecule has 0 radical (unpaired) electrons. The third kappa shape index (κ3) is 5.91. The Labute approximate surface area is 185 Å². The Hall–Kier alpha value is -2.20. The van der Waals surface area contributed by atoms with Gasteiger partial charge in [0.25, 0.3) is 0 Å². The molecule has 2 nitrogen and oxygen atoms in total. The van der Waals surface area contributed by atoms with Crippen molar-refractivity contribution in [3.05, 3.63) is 107 Å². The number of nitrogens with one attached hydrogen (secondary N) is 2. The van der Waals surface area contributed by atoms with Crippen LogP contribution >= 0.6 is 12.4 Å². The highest BCUT2D eigenvalue weighted by Gasteiger charge is 2.29. The van der Waals surface area contributed by atoms with Crippen LogP contribution in [0.3, 0.4) is 0 Å². The maximum Gasteiger partial charge on any atom is 0.123 e. The van der Waals surface area contributed by atoms with Gasteiger partial charge < -0.3 is 10.6 Å². The summed E-state index contributed by atoms with van der Waals surface area (Å²) in [5.74, 6) is 0.202. The van der Waals surface area contributed by atoms with Gasteiger partial charge in [0.1, 0.15) is 5.82 Å². The molecule has 2 unspecified atom stereocenters. The van der Waals surface area contributed by atoms with Crippen LogP contribution in [0.25, 0.3) is 0 Å². The molecule has 0 aromatic heterocycles. The van der Waals surface area contributed by atoms with Gasteiger partial charge in [0.05, 0.1) is 0 Å². The summed E-state index contributed by atoms with van der Waals surface area (Å²) in [5, 5.41) is 7.48. The fraction of sp³-hybridized carbons (Fsp3) is 0.308. The third-order valence-electron chi connectivity index (χ3n) is 5.93. The average molecular weight is 425 g/mol. The Balaban J connectivity index is 0.00000256. The van der Waals surface area contributed by atoms with Gasteiger partial charge in [-0.15, -0.1) is 12.4 Å². The molecule has 1 saturated heterocycles. The molecule has 3 aromatic carbocycles. The van der Waals surface area contributed by atoms with Gasteiger partial charge in [-0.1, -0.05) is 72.8 Å². The van der Waals surface area contributed by atoms with Crippen molar-refractivity contribution >= 4 is 12.4 Å². The number of hydrogen-bond acceptors (Lipinski definition) is 2. The van der Waals surface area contributed by atoms with Crippen LogP contribution in [0.15, 0.2) is 84.9 Å². The highest BCUT2D eigenvalue weighted by Crippen LogP contribution is 2.31. The lowest BCUT2D eigenvalue weighted by molar-refractivity contribution is 0.309. The Morgan fingerprint density at radius 1 is 0.833 bits per heavy atom. The molecule has 0 bridgehead atoms. The van der Waals surface area contributed by atoms with Gasteiger partial charge in [0, 0.05) is 24.5 Å². The van der Waals surface area contributed by atoms with Crippen LogP contribution in [-0.2, 0) is 6.42 Å². The summed E-state index contributed by atoms with van der Waals surface area (Å²) < 4.78 is 13.0. The molecule has 2 N–H and O–H groups in total. The standard InChI is InChI=1S/C26H29FN2.ClH/c27-23-13-11-20(12-14-23)17-18-28-24-15-16-25(29-19-24)26(21-7-3-1-4-8-21)22-9-5-2-6-10-22;/h1-14,24-26,28-29H,15-19H2;1H. The number of piperidine rings is 1. The normalized spacial score (nSPS) is 18.7. The average Bonchev–Trinajstić information content (AvgIpc) is 2.78. The van der Waals surface area contributed by atoms with Crippen molar-refractivity contribution < 1.29 is 4.39 Å². The molecule has 3 aromatic rings. The fourth-order valence-corrected chi connectivity index (χ4v) is 4.39. The molecule has 158 valence electrons. The lowest BCUT2D eigenvalue weighted by Crippen LogP contribution is -2.50. The summed E-state index contributed by atoms with van der Waals surface area (Å²) in [7, 11) is 0. The second-order valence-electron chi connectivity index (χ2n) is 7.92. The largest absolute Gasteiger partial charge is 0.312 e. The topological polar surface area (TPSA) is 24.1 Å². The van der Waals surface area contributed by atoms with E-state index in [0.29, 0.717) is 18.0 Å². The Morgan fingerprint density at radius 3 is 1.97 bits per heavy atom. The predicted molar refractivity (Wildman–Crippen MR) is 125 cm³/mol. The third-order valence-corrected chi connectivity index (χ3v) is 5.93. The van der Waals surface area contributed by atoms with Crippen LogP contribution in [-0.4, -0.2) is 25.2 Å². The van der Waals surface area contributed by atoms with Crippen molar-refractivity contribution in [3.63, 3.8) is 0 Å². The summed E-state index contributed by atoms with van der Waals surface area (Å²) in [6, 6.07) is 29.4. The highest BCUT2D eigenvalue weighted by atomic mass is 35.5. The van der Waals surface area contributed by atoms with Gasteiger partial charge in [-0.05, 0) is 54.6 Å². The minimum absolute atomic E-state index is 0. The van der Waals surface area contributed by atoms with Crippen LogP contribution < -0.4 is 10.6 Å². The van der Waals surface area contributed by atoms with E-state index >= 15 is 0 Å². The van der Waals surface area contributed by atoms with Crippen LogP contribution in [0.2, 0.25) is 0 Å². The first-order chi connectivity index (χ1) is 14.3. The van der Waals surface area contributed by atoms with E-state index in [1.807, 2.05) is 12.1 Å². The molecule has 0 amide bonds. The molecular weight excluding hydrogens is 395 g/mol. The van der Waals surface area contributed by atoms with E-state index in [4.69, 9.17) is 0 Å². The molecule has 1 aliphatic rings. The second-order valence-corrected chi connectivity index (χ2v) is 7.92. The van der Waals surface area contributed by atoms with E-state index in [1.165, 1.54) is 28.8 Å². The van der Waals surface area contributed by atoms with E-state index in [-0.39, 0.29) is 18.2 Å². The van der Waals surface area contributed by atoms with E-state index in [9.17, 15) is 4.39 Å². The molecule has 0 aliphatic carbocycles. The quantitative estimate of drug-likeness (QED) is 0.535. The van der Waals surface area contributed by atoms with Crippen molar-refractivity contribution in [2.24, 2.45) is 0 Å². The van der Waals surface area contributed by atoms with E-state index < -0.39 is 0 Å². The Bertz CT molecular complexity index is 823. The first kappa shape index (κ1) is 22.5. The number of benzene rings is 3. The van der Waals surface area contributed by atoms with Crippen LogP contribution in [0.5, 0.6) is 0 Å². The molecule has 1 fully saturated rings. The van der Waals surface area contributed by atoms with Gasteiger partial charge in [-0.3, -0.25) is 0 Å². The number of halogens is 2. The van der Waals surface area contributed by atoms with Gasteiger partial charge >= 0.3 is 0 Å². The van der Waals surface area contributed by atoms with Crippen molar-refractivity contribution in [1.29, 1.82) is 0 Å². The SMILES string of the molecule is Cl.Fc1ccc(CCNC2CCC(C(c3ccccc3)c3ccccc3)NC2)cc1. The van der Waals surface area contributed by atoms with E-state index in [1.54, 1.807) is 0 Å². The Kier molecular flexibility index (Phi) is 8.44. The van der Waals surface area contributed by atoms with Crippen molar-refractivity contribution in [3.8, 4) is 0 Å². The zero-order valence-electron chi connectivity index (χ0n) is 17.1. The molecule has 4 heteroatoms. The molecule has 1 aliphatic heterocycles. The Morgan fingerprint density at radius 2 is 1.43 bits per heavy atom. The van der Waals surface area contributed by atoms with Crippen LogP contribution in [0.1, 0.15) is 35.4 Å². The van der Waals surface area contributed by atoms with Gasteiger partial charge in [-0.2, -0.15) is 0 Å². The predicted octanol–water partition coefficient (Wildman–Crippen LogP) is 5.33. The van der Waals surface area contributed by atoms with E-state index in [2.05, 4.69) is 71.3 Å².